The Hall–Kier alpha value is -1.11. The number of morpholine rings is 1. The molecule has 0 spiro atoms. The third-order valence-corrected chi connectivity index (χ3v) is 6.33. The number of hydrogen-bond acceptors (Lipinski definition) is 4. The van der Waals surface area contributed by atoms with Crippen molar-refractivity contribution in [3.8, 4) is 0 Å². The maximum Gasteiger partial charge on any atom is 0.317 e. The van der Waals surface area contributed by atoms with E-state index in [2.05, 4.69) is 34.0 Å². The highest BCUT2D eigenvalue weighted by molar-refractivity contribution is 7.07. The van der Waals surface area contributed by atoms with Crippen molar-refractivity contribution < 1.29 is 9.53 Å². The van der Waals surface area contributed by atoms with Gasteiger partial charge in [0, 0.05) is 25.2 Å². The molecular formula is C18H27N3O2S. The molecule has 24 heavy (non-hydrogen) atoms. The summed E-state index contributed by atoms with van der Waals surface area (Å²) in [4.78, 5) is 17.3. The van der Waals surface area contributed by atoms with Gasteiger partial charge in [0.2, 0.25) is 0 Å². The Bertz CT molecular complexity index is 565. The van der Waals surface area contributed by atoms with E-state index in [1.54, 1.807) is 11.3 Å². The lowest BCUT2D eigenvalue weighted by Gasteiger charge is -2.38. The number of hydrogen-bond donors (Lipinski definition) is 1. The van der Waals surface area contributed by atoms with E-state index in [-0.39, 0.29) is 18.2 Å². The van der Waals surface area contributed by atoms with Crippen LogP contribution in [0.25, 0.3) is 0 Å². The van der Waals surface area contributed by atoms with Gasteiger partial charge in [-0.3, -0.25) is 4.90 Å². The summed E-state index contributed by atoms with van der Waals surface area (Å²) in [7, 11) is 0. The molecule has 132 valence electrons. The zero-order chi connectivity index (χ0) is 16.5. The molecule has 1 N–H and O–H groups in total. The maximum absolute atomic E-state index is 12.8. The first-order chi connectivity index (χ1) is 11.7. The molecule has 3 saturated heterocycles. The van der Waals surface area contributed by atoms with Crippen LogP contribution in [0.1, 0.15) is 44.3 Å². The molecule has 0 unspecified atom stereocenters. The van der Waals surface area contributed by atoms with Gasteiger partial charge >= 0.3 is 6.03 Å². The molecule has 4 rings (SSSR count). The van der Waals surface area contributed by atoms with Crippen molar-refractivity contribution >= 4 is 17.4 Å². The van der Waals surface area contributed by atoms with Gasteiger partial charge in [-0.25, -0.2) is 4.79 Å². The zero-order valence-electron chi connectivity index (χ0n) is 14.3. The van der Waals surface area contributed by atoms with Crippen LogP contribution in [0.2, 0.25) is 0 Å². The van der Waals surface area contributed by atoms with Gasteiger partial charge in [0.05, 0.1) is 12.6 Å². The van der Waals surface area contributed by atoms with E-state index in [0.29, 0.717) is 25.2 Å². The van der Waals surface area contributed by atoms with Crippen LogP contribution in [0.3, 0.4) is 0 Å². The number of urea groups is 1. The van der Waals surface area contributed by atoms with Gasteiger partial charge in [-0.05, 0) is 55.1 Å². The van der Waals surface area contributed by atoms with E-state index in [1.807, 2.05) is 4.90 Å². The van der Waals surface area contributed by atoms with Crippen molar-refractivity contribution in [1.82, 2.24) is 15.1 Å². The Balaban J connectivity index is 1.38. The zero-order valence-corrected chi connectivity index (χ0v) is 15.1. The summed E-state index contributed by atoms with van der Waals surface area (Å²) >= 11 is 1.68. The second-order valence-electron chi connectivity index (χ2n) is 7.34. The largest absolute Gasteiger partial charge is 0.367 e. The van der Waals surface area contributed by atoms with E-state index in [0.717, 1.165) is 13.0 Å². The summed E-state index contributed by atoms with van der Waals surface area (Å²) in [5, 5.41) is 7.52. The lowest BCUT2D eigenvalue weighted by atomic mass is 9.99. The molecule has 4 heterocycles. The van der Waals surface area contributed by atoms with Gasteiger partial charge in [-0.1, -0.05) is 6.42 Å². The fourth-order valence-electron chi connectivity index (χ4n) is 4.43. The number of carbonyl (C=O) groups is 1. The first-order valence-electron chi connectivity index (χ1n) is 9.18. The first kappa shape index (κ1) is 16.4. The van der Waals surface area contributed by atoms with E-state index in [9.17, 15) is 4.79 Å². The quantitative estimate of drug-likeness (QED) is 0.893. The fraction of sp³-hybridized carbons (Fsp3) is 0.722. The Morgan fingerprint density at radius 3 is 3.04 bits per heavy atom. The summed E-state index contributed by atoms with van der Waals surface area (Å²) in [5.41, 5.74) is 1.18. The van der Waals surface area contributed by atoms with Crippen molar-refractivity contribution in [2.45, 2.75) is 56.9 Å². The number of piperidine rings is 1. The highest BCUT2D eigenvalue weighted by Crippen LogP contribution is 2.29. The van der Waals surface area contributed by atoms with Crippen LogP contribution in [0.4, 0.5) is 4.79 Å². The topological polar surface area (TPSA) is 44.8 Å². The average Bonchev–Trinajstić information content (AvgIpc) is 3.25. The SMILES string of the molecule is C[C@@H]1CN(C(=O)N[C@@H]2CCN3CCCC[C@H]23)C[C@H](c2ccsc2)O1. The van der Waals surface area contributed by atoms with E-state index in [4.69, 9.17) is 4.74 Å². The van der Waals surface area contributed by atoms with Crippen LogP contribution in [0.15, 0.2) is 16.8 Å². The second kappa shape index (κ2) is 7.02. The molecule has 3 aliphatic heterocycles. The van der Waals surface area contributed by atoms with Crippen molar-refractivity contribution in [2.24, 2.45) is 0 Å². The molecule has 0 bridgehead atoms. The minimum atomic E-state index is 0.000470. The molecule has 0 saturated carbocycles. The standard InChI is InChI=1S/C18H27N3O2S/c1-13-10-21(11-17(23-13)14-6-9-24-12-14)18(22)19-15-5-8-20-7-3-2-4-16(15)20/h6,9,12-13,15-17H,2-5,7-8,10-11H2,1H3,(H,19,22)/t13-,15-,16-,17-/m1/s1. The Morgan fingerprint density at radius 1 is 1.29 bits per heavy atom. The van der Waals surface area contributed by atoms with Gasteiger partial charge < -0.3 is 15.0 Å². The lowest BCUT2D eigenvalue weighted by molar-refractivity contribution is -0.0658. The third-order valence-electron chi connectivity index (χ3n) is 5.63. The number of carbonyl (C=O) groups excluding carboxylic acids is 1. The Labute approximate surface area is 148 Å². The molecular weight excluding hydrogens is 322 g/mol. The highest BCUT2D eigenvalue weighted by atomic mass is 32.1. The van der Waals surface area contributed by atoms with Gasteiger partial charge in [0.25, 0.3) is 0 Å². The summed E-state index contributed by atoms with van der Waals surface area (Å²) < 4.78 is 6.04. The third kappa shape index (κ3) is 3.32. The first-order valence-corrected chi connectivity index (χ1v) is 10.1. The van der Waals surface area contributed by atoms with Gasteiger partial charge in [0.1, 0.15) is 6.10 Å². The van der Waals surface area contributed by atoms with Crippen LogP contribution < -0.4 is 5.32 Å². The summed E-state index contributed by atoms with van der Waals surface area (Å²) in [6, 6.07) is 3.05. The minimum absolute atomic E-state index is 0.000470. The van der Waals surface area contributed by atoms with Gasteiger partial charge in [-0.15, -0.1) is 0 Å². The van der Waals surface area contributed by atoms with Crippen LogP contribution >= 0.6 is 11.3 Å². The number of ether oxygens (including phenoxy) is 1. The monoisotopic (exact) mass is 349 g/mol. The van der Waals surface area contributed by atoms with Crippen molar-refractivity contribution in [2.75, 3.05) is 26.2 Å². The molecule has 3 aliphatic rings. The van der Waals surface area contributed by atoms with E-state index in [1.165, 1.54) is 31.4 Å². The molecule has 0 aliphatic carbocycles. The van der Waals surface area contributed by atoms with Crippen LogP contribution in [-0.4, -0.2) is 60.2 Å². The number of nitrogens with zero attached hydrogens (tertiary/aromatic N) is 2. The number of thiophene rings is 1. The number of amides is 2. The molecule has 4 atom stereocenters. The van der Waals surface area contributed by atoms with Crippen molar-refractivity contribution in [1.29, 1.82) is 0 Å². The Kier molecular flexibility index (Phi) is 4.79. The van der Waals surface area contributed by atoms with E-state index >= 15 is 0 Å². The molecule has 1 aromatic rings. The molecule has 1 aromatic heterocycles. The average molecular weight is 350 g/mol. The normalized spacial score (nSPS) is 34.1. The molecule has 5 nitrogen and oxygen atoms in total. The minimum Gasteiger partial charge on any atom is -0.367 e. The van der Waals surface area contributed by atoms with Gasteiger partial charge in [-0.2, -0.15) is 11.3 Å². The summed E-state index contributed by atoms with van der Waals surface area (Å²) in [6.07, 6.45) is 4.99. The van der Waals surface area contributed by atoms with Crippen LogP contribution in [-0.2, 0) is 4.74 Å². The maximum atomic E-state index is 12.8. The number of nitrogens with one attached hydrogen (secondary N) is 1. The Morgan fingerprint density at radius 2 is 2.21 bits per heavy atom. The highest BCUT2D eigenvalue weighted by Gasteiger charge is 2.38. The number of fused-ring (bicyclic) bond motifs is 1. The van der Waals surface area contributed by atoms with Crippen molar-refractivity contribution in [3.63, 3.8) is 0 Å². The fourth-order valence-corrected chi connectivity index (χ4v) is 5.13. The molecule has 0 radical (unpaired) electrons. The predicted molar refractivity (Wildman–Crippen MR) is 95.3 cm³/mol. The summed E-state index contributed by atoms with van der Waals surface area (Å²) in [5.74, 6) is 0. The molecule has 6 heteroatoms. The lowest BCUT2D eigenvalue weighted by Crippen LogP contribution is -2.54. The predicted octanol–water partition coefficient (Wildman–Crippen LogP) is 2.85. The summed E-state index contributed by atoms with van der Waals surface area (Å²) in [6.45, 7) is 5.71. The second-order valence-corrected chi connectivity index (χ2v) is 8.12. The molecule has 2 amide bonds. The molecule has 0 aromatic carbocycles. The smallest absolute Gasteiger partial charge is 0.317 e. The molecule has 3 fully saturated rings. The number of rotatable bonds is 2. The van der Waals surface area contributed by atoms with E-state index < -0.39 is 0 Å². The van der Waals surface area contributed by atoms with Crippen LogP contribution in [0.5, 0.6) is 0 Å². The van der Waals surface area contributed by atoms with Gasteiger partial charge in [0.15, 0.2) is 0 Å². The van der Waals surface area contributed by atoms with Crippen molar-refractivity contribution in [3.05, 3.63) is 22.4 Å². The van der Waals surface area contributed by atoms with Crippen LogP contribution in [0, 0.1) is 0 Å².